The zero-order chi connectivity index (χ0) is 9.07. The Labute approximate surface area is 60.4 Å². The van der Waals surface area contributed by atoms with E-state index in [1.165, 1.54) is 0 Å². The van der Waals surface area contributed by atoms with Crippen LogP contribution in [-0.4, -0.2) is 28.5 Å². The van der Waals surface area contributed by atoms with Gasteiger partial charge >= 0.3 is 6.18 Å². The zero-order valence-corrected chi connectivity index (χ0v) is 5.43. The molecule has 0 spiro atoms. The van der Waals surface area contributed by atoms with Gasteiger partial charge < -0.3 is 10.2 Å². The maximum Gasteiger partial charge on any atom is 0.389 e. The van der Waals surface area contributed by atoms with Gasteiger partial charge in [0.25, 0.3) is 0 Å². The van der Waals surface area contributed by atoms with Crippen molar-refractivity contribution < 1.29 is 28.2 Å². The van der Waals surface area contributed by atoms with E-state index in [0.717, 1.165) is 0 Å². The SMILES string of the molecule is O=C(CCC(F)(F)F)C(O)O. The number of hydrogen-bond acceptors (Lipinski definition) is 3. The standard InChI is InChI=1S/C5H7F3O3/c6-5(7,8)2-1-3(9)4(10)11/h4,10-11H,1-2H2. The second-order valence-electron chi connectivity index (χ2n) is 1.96. The van der Waals surface area contributed by atoms with E-state index >= 15 is 0 Å². The third kappa shape index (κ3) is 5.81. The average molecular weight is 172 g/mol. The Morgan fingerprint density at radius 2 is 1.82 bits per heavy atom. The topological polar surface area (TPSA) is 57.5 Å². The number of carbonyl (C=O) groups excluding carboxylic acids is 1. The summed E-state index contributed by atoms with van der Waals surface area (Å²) < 4.78 is 34.1. The monoisotopic (exact) mass is 172 g/mol. The Morgan fingerprint density at radius 1 is 1.36 bits per heavy atom. The van der Waals surface area contributed by atoms with Crippen molar-refractivity contribution in [1.29, 1.82) is 0 Å². The van der Waals surface area contributed by atoms with Crippen molar-refractivity contribution in [3.05, 3.63) is 0 Å². The Hall–Kier alpha value is -0.620. The fourth-order valence-corrected chi connectivity index (χ4v) is 0.394. The van der Waals surface area contributed by atoms with E-state index in [-0.39, 0.29) is 0 Å². The summed E-state index contributed by atoms with van der Waals surface area (Å²) in [4.78, 5) is 10.2. The van der Waals surface area contributed by atoms with E-state index in [1.807, 2.05) is 0 Å². The molecule has 0 amide bonds. The summed E-state index contributed by atoms with van der Waals surface area (Å²) in [5, 5.41) is 16.1. The molecule has 0 aromatic heterocycles. The van der Waals surface area contributed by atoms with Gasteiger partial charge in [-0.1, -0.05) is 0 Å². The lowest BCUT2D eigenvalue weighted by Crippen LogP contribution is -2.21. The van der Waals surface area contributed by atoms with E-state index in [1.54, 1.807) is 0 Å². The van der Waals surface area contributed by atoms with Crippen molar-refractivity contribution in [2.75, 3.05) is 0 Å². The van der Waals surface area contributed by atoms with Crippen LogP contribution in [0.5, 0.6) is 0 Å². The number of alkyl halides is 3. The molecule has 0 aliphatic heterocycles. The van der Waals surface area contributed by atoms with Crippen molar-refractivity contribution in [2.45, 2.75) is 25.3 Å². The third-order valence-corrected chi connectivity index (χ3v) is 0.943. The van der Waals surface area contributed by atoms with Crippen LogP contribution in [0.4, 0.5) is 13.2 Å². The molecule has 0 saturated heterocycles. The quantitative estimate of drug-likeness (QED) is 0.598. The molecule has 0 rings (SSSR count). The van der Waals surface area contributed by atoms with Gasteiger partial charge in [0, 0.05) is 6.42 Å². The fraction of sp³-hybridized carbons (Fsp3) is 0.800. The van der Waals surface area contributed by atoms with Gasteiger partial charge in [0.1, 0.15) is 0 Å². The molecular weight excluding hydrogens is 165 g/mol. The number of ketones is 1. The van der Waals surface area contributed by atoms with Gasteiger partial charge in [-0.05, 0) is 0 Å². The van der Waals surface area contributed by atoms with Crippen LogP contribution in [0.1, 0.15) is 12.8 Å². The zero-order valence-electron chi connectivity index (χ0n) is 5.43. The highest BCUT2D eigenvalue weighted by Gasteiger charge is 2.28. The van der Waals surface area contributed by atoms with Gasteiger partial charge in [0.05, 0.1) is 6.42 Å². The molecule has 6 heteroatoms. The van der Waals surface area contributed by atoms with Crippen LogP contribution < -0.4 is 0 Å². The highest BCUT2D eigenvalue weighted by atomic mass is 19.4. The summed E-state index contributed by atoms with van der Waals surface area (Å²) in [5.41, 5.74) is 0. The molecule has 0 bridgehead atoms. The van der Waals surface area contributed by atoms with Gasteiger partial charge in [-0.15, -0.1) is 0 Å². The van der Waals surface area contributed by atoms with Gasteiger partial charge in [-0.25, -0.2) is 0 Å². The average Bonchev–Trinajstić information content (AvgIpc) is 1.80. The molecule has 0 atom stereocenters. The predicted octanol–water partition coefficient (Wildman–Crippen LogP) is 0.209. The summed E-state index contributed by atoms with van der Waals surface area (Å²) in [6.45, 7) is 0. The van der Waals surface area contributed by atoms with Crippen LogP contribution in [0.25, 0.3) is 0 Å². The first-order valence-electron chi connectivity index (χ1n) is 2.78. The lowest BCUT2D eigenvalue weighted by atomic mass is 10.2. The Balaban J connectivity index is 3.64. The molecule has 0 unspecified atom stereocenters. The molecule has 0 saturated carbocycles. The summed E-state index contributed by atoms with van der Waals surface area (Å²) in [6.07, 6.45) is -8.92. The molecular formula is C5H7F3O3. The fourth-order valence-electron chi connectivity index (χ4n) is 0.394. The molecule has 0 aromatic carbocycles. The van der Waals surface area contributed by atoms with Crippen LogP contribution in [0.2, 0.25) is 0 Å². The second kappa shape index (κ2) is 3.68. The van der Waals surface area contributed by atoms with E-state index in [9.17, 15) is 18.0 Å². The largest absolute Gasteiger partial charge is 0.389 e. The molecule has 0 aliphatic rings. The lowest BCUT2D eigenvalue weighted by Gasteiger charge is -2.05. The van der Waals surface area contributed by atoms with Gasteiger partial charge in [0.2, 0.25) is 6.29 Å². The van der Waals surface area contributed by atoms with Gasteiger partial charge in [-0.2, -0.15) is 13.2 Å². The smallest absolute Gasteiger partial charge is 0.362 e. The van der Waals surface area contributed by atoms with Crippen molar-refractivity contribution in [3.8, 4) is 0 Å². The van der Waals surface area contributed by atoms with Crippen LogP contribution in [-0.2, 0) is 4.79 Å². The molecule has 0 radical (unpaired) electrons. The third-order valence-electron chi connectivity index (χ3n) is 0.943. The maximum atomic E-state index is 11.4. The minimum Gasteiger partial charge on any atom is -0.362 e. The molecule has 0 aliphatic carbocycles. The number of Topliss-reactive ketones (excluding diaryl/α,β-unsaturated/α-hetero) is 1. The lowest BCUT2D eigenvalue weighted by molar-refractivity contribution is -0.156. The Morgan fingerprint density at radius 3 is 2.09 bits per heavy atom. The first-order chi connectivity index (χ1) is 4.83. The minimum atomic E-state index is -4.43. The molecule has 0 fully saturated rings. The highest BCUT2D eigenvalue weighted by molar-refractivity contribution is 5.81. The second-order valence-corrected chi connectivity index (χ2v) is 1.96. The predicted molar refractivity (Wildman–Crippen MR) is 28.5 cm³/mol. The van der Waals surface area contributed by atoms with Crippen LogP contribution in [0.15, 0.2) is 0 Å². The Kier molecular flexibility index (Phi) is 3.47. The summed E-state index contributed by atoms with van der Waals surface area (Å²) in [5.74, 6) is -1.22. The molecule has 66 valence electrons. The highest BCUT2D eigenvalue weighted by Crippen LogP contribution is 2.21. The van der Waals surface area contributed by atoms with Crippen LogP contribution in [0, 0.1) is 0 Å². The van der Waals surface area contributed by atoms with Crippen molar-refractivity contribution in [2.24, 2.45) is 0 Å². The van der Waals surface area contributed by atoms with Gasteiger partial charge in [0.15, 0.2) is 5.78 Å². The molecule has 11 heavy (non-hydrogen) atoms. The van der Waals surface area contributed by atoms with E-state index in [4.69, 9.17) is 10.2 Å². The molecule has 0 heterocycles. The number of carbonyl (C=O) groups is 1. The Bertz CT molecular complexity index is 140. The number of aliphatic hydroxyl groups is 2. The number of rotatable bonds is 3. The van der Waals surface area contributed by atoms with Crippen LogP contribution in [0.3, 0.4) is 0 Å². The van der Waals surface area contributed by atoms with Crippen molar-refractivity contribution >= 4 is 5.78 Å². The van der Waals surface area contributed by atoms with Crippen LogP contribution >= 0.6 is 0 Å². The van der Waals surface area contributed by atoms with E-state index < -0.39 is 31.1 Å². The summed E-state index contributed by atoms with van der Waals surface area (Å²) in [7, 11) is 0. The number of halogens is 3. The first kappa shape index (κ1) is 10.4. The van der Waals surface area contributed by atoms with E-state index in [0.29, 0.717) is 0 Å². The number of hydrogen-bond donors (Lipinski definition) is 2. The minimum absolute atomic E-state index is 0.888. The molecule has 2 N–H and O–H groups in total. The normalized spacial score (nSPS) is 12.2. The number of aliphatic hydroxyl groups excluding tert-OH is 1. The summed E-state index contributed by atoms with van der Waals surface area (Å²) in [6, 6.07) is 0. The summed E-state index contributed by atoms with van der Waals surface area (Å²) >= 11 is 0. The molecule has 0 aromatic rings. The first-order valence-corrected chi connectivity index (χ1v) is 2.78. The van der Waals surface area contributed by atoms with Crippen molar-refractivity contribution in [1.82, 2.24) is 0 Å². The molecule has 3 nitrogen and oxygen atoms in total. The van der Waals surface area contributed by atoms with Crippen molar-refractivity contribution in [3.63, 3.8) is 0 Å². The van der Waals surface area contributed by atoms with Gasteiger partial charge in [-0.3, -0.25) is 4.79 Å². The van der Waals surface area contributed by atoms with E-state index in [2.05, 4.69) is 0 Å². The maximum absolute atomic E-state index is 11.4.